The van der Waals surface area contributed by atoms with E-state index >= 15 is 0 Å². The smallest absolute Gasteiger partial charge is 0.245 e. The Balaban J connectivity index is 1.95. The second-order valence-electron chi connectivity index (χ2n) is 5.61. The van der Waals surface area contributed by atoms with E-state index in [1.165, 1.54) is 18.2 Å². The quantitative estimate of drug-likeness (QED) is 0.836. The molecule has 0 bridgehead atoms. The van der Waals surface area contributed by atoms with Gasteiger partial charge in [-0.15, -0.1) is 0 Å². The second-order valence-corrected chi connectivity index (χ2v) is 7.47. The van der Waals surface area contributed by atoms with E-state index in [-0.39, 0.29) is 16.6 Å². The maximum absolute atomic E-state index is 12.8. The molecule has 2 saturated carbocycles. The molecule has 0 radical (unpaired) electrons. The van der Waals surface area contributed by atoms with Gasteiger partial charge in [-0.3, -0.25) is 0 Å². The van der Waals surface area contributed by atoms with E-state index < -0.39 is 10.0 Å². The van der Waals surface area contributed by atoms with Crippen LogP contribution in [0.3, 0.4) is 0 Å². The van der Waals surface area contributed by atoms with Crippen molar-refractivity contribution in [3.05, 3.63) is 23.8 Å². The summed E-state index contributed by atoms with van der Waals surface area (Å²) in [6.45, 7) is 0.604. The summed E-state index contributed by atoms with van der Waals surface area (Å²) in [7, 11) is -3.55. The summed E-state index contributed by atoms with van der Waals surface area (Å²) < 4.78 is 27.1. The Labute approximate surface area is 119 Å². The highest BCUT2D eigenvalue weighted by molar-refractivity contribution is 7.89. The van der Waals surface area contributed by atoms with Crippen molar-refractivity contribution in [2.45, 2.75) is 36.6 Å². The number of nitrogens with zero attached hydrogens (tertiary/aromatic N) is 2. The van der Waals surface area contributed by atoms with Gasteiger partial charge in [-0.25, -0.2) is 8.42 Å². The molecule has 20 heavy (non-hydrogen) atoms. The average molecular weight is 291 g/mol. The third-order valence-electron chi connectivity index (χ3n) is 3.81. The minimum Gasteiger partial charge on any atom is -0.398 e. The number of rotatable bonds is 5. The topological polar surface area (TPSA) is 87.2 Å². The van der Waals surface area contributed by atoms with Gasteiger partial charge in [0.15, 0.2) is 0 Å². The van der Waals surface area contributed by atoms with Crippen LogP contribution < -0.4 is 5.73 Å². The fraction of sp³-hybridized carbons (Fsp3) is 0.500. The molecule has 0 amide bonds. The minimum atomic E-state index is -3.55. The van der Waals surface area contributed by atoms with E-state index in [9.17, 15) is 8.42 Å². The molecule has 0 aliphatic heterocycles. The van der Waals surface area contributed by atoms with Gasteiger partial charge in [0, 0.05) is 12.6 Å². The molecule has 1 aromatic rings. The van der Waals surface area contributed by atoms with Crippen LogP contribution in [0.15, 0.2) is 23.1 Å². The van der Waals surface area contributed by atoms with Crippen molar-refractivity contribution in [1.82, 2.24) is 4.31 Å². The summed E-state index contributed by atoms with van der Waals surface area (Å²) in [6.07, 6.45) is 4.09. The Morgan fingerprint density at radius 3 is 2.50 bits per heavy atom. The van der Waals surface area contributed by atoms with Gasteiger partial charge in [-0.1, -0.05) is 0 Å². The van der Waals surface area contributed by atoms with Gasteiger partial charge < -0.3 is 5.73 Å². The molecule has 6 heteroatoms. The van der Waals surface area contributed by atoms with E-state index in [1.807, 2.05) is 6.07 Å². The molecular formula is C14H17N3O2S. The number of nitriles is 1. The van der Waals surface area contributed by atoms with Crippen LogP contribution in [-0.4, -0.2) is 25.3 Å². The fourth-order valence-corrected chi connectivity index (χ4v) is 4.20. The third kappa shape index (κ3) is 2.51. The molecule has 0 saturated heterocycles. The Hall–Kier alpha value is -1.58. The van der Waals surface area contributed by atoms with E-state index in [0.717, 1.165) is 25.7 Å². The van der Waals surface area contributed by atoms with Crippen molar-refractivity contribution in [1.29, 1.82) is 5.26 Å². The second kappa shape index (κ2) is 4.76. The lowest BCUT2D eigenvalue weighted by Crippen LogP contribution is -2.35. The first-order valence-corrected chi connectivity index (χ1v) is 8.28. The lowest BCUT2D eigenvalue weighted by Gasteiger charge is -2.22. The SMILES string of the molecule is N#Cc1ccc(S(=O)(=O)N(CC2CC2)C2CC2)c(N)c1. The van der Waals surface area contributed by atoms with E-state index in [2.05, 4.69) is 0 Å². The number of hydrogen-bond acceptors (Lipinski definition) is 4. The Morgan fingerprint density at radius 2 is 2.00 bits per heavy atom. The van der Waals surface area contributed by atoms with Crippen molar-refractivity contribution < 1.29 is 8.42 Å². The van der Waals surface area contributed by atoms with Crippen LogP contribution in [-0.2, 0) is 10.0 Å². The fourth-order valence-electron chi connectivity index (χ4n) is 2.34. The van der Waals surface area contributed by atoms with Crippen LogP contribution in [0.5, 0.6) is 0 Å². The van der Waals surface area contributed by atoms with Crippen LogP contribution in [0.1, 0.15) is 31.2 Å². The molecule has 0 spiro atoms. The first kappa shape index (κ1) is 13.4. The molecule has 2 N–H and O–H groups in total. The predicted octanol–water partition coefficient (Wildman–Crippen LogP) is 1.70. The van der Waals surface area contributed by atoms with Crippen molar-refractivity contribution in [3.8, 4) is 6.07 Å². The third-order valence-corrected chi connectivity index (χ3v) is 5.81. The zero-order chi connectivity index (χ0) is 14.3. The molecule has 5 nitrogen and oxygen atoms in total. The number of sulfonamides is 1. The molecule has 0 unspecified atom stereocenters. The average Bonchev–Trinajstić information content (AvgIpc) is 3.27. The molecular weight excluding hydrogens is 274 g/mol. The number of nitrogen functional groups attached to an aromatic ring is 1. The predicted molar refractivity (Wildman–Crippen MR) is 75.2 cm³/mol. The van der Waals surface area contributed by atoms with Crippen molar-refractivity contribution in [2.75, 3.05) is 12.3 Å². The van der Waals surface area contributed by atoms with E-state index in [1.54, 1.807) is 4.31 Å². The summed E-state index contributed by atoms with van der Waals surface area (Å²) in [6, 6.07) is 6.48. The molecule has 3 rings (SSSR count). The summed E-state index contributed by atoms with van der Waals surface area (Å²) in [4.78, 5) is 0.129. The first-order chi connectivity index (χ1) is 9.52. The lowest BCUT2D eigenvalue weighted by molar-refractivity contribution is 0.389. The molecule has 2 aliphatic carbocycles. The molecule has 1 aromatic carbocycles. The van der Waals surface area contributed by atoms with Crippen LogP contribution in [0.4, 0.5) is 5.69 Å². The van der Waals surface area contributed by atoms with Gasteiger partial charge in [-0.05, 0) is 49.8 Å². The largest absolute Gasteiger partial charge is 0.398 e. The van der Waals surface area contributed by atoms with Gasteiger partial charge in [0.25, 0.3) is 0 Å². The number of hydrogen-bond donors (Lipinski definition) is 1. The zero-order valence-electron chi connectivity index (χ0n) is 11.1. The van der Waals surface area contributed by atoms with Gasteiger partial charge >= 0.3 is 0 Å². The van der Waals surface area contributed by atoms with Gasteiger partial charge in [0.1, 0.15) is 4.90 Å². The summed E-state index contributed by atoms with van der Waals surface area (Å²) >= 11 is 0. The van der Waals surface area contributed by atoms with Crippen molar-refractivity contribution >= 4 is 15.7 Å². The Morgan fingerprint density at radius 1 is 1.30 bits per heavy atom. The summed E-state index contributed by atoms with van der Waals surface area (Å²) in [5, 5.41) is 8.82. The highest BCUT2D eigenvalue weighted by Crippen LogP contribution is 2.38. The van der Waals surface area contributed by atoms with Crippen LogP contribution in [0, 0.1) is 17.2 Å². The number of benzene rings is 1. The van der Waals surface area contributed by atoms with Gasteiger partial charge in [-0.2, -0.15) is 9.57 Å². The molecule has 0 heterocycles. The maximum atomic E-state index is 12.8. The van der Waals surface area contributed by atoms with E-state index in [0.29, 0.717) is 18.0 Å². The van der Waals surface area contributed by atoms with Gasteiger partial charge in [0.05, 0.1) is 17.3 Å². The van der Waals surface area contributed by atoms with Crippen LogP contribution in [0.2, 0.25) is 0 Å². The highest BCUT2D eigenvalue weighted by Gasteiger charge is 2.41. The molecule has 0 atom stereocenters. The highest BCUT2D eigenvalue weighted by atomic mass is 32.2. The zero-order valence-corrected chi connectivity index (χ0v) is 11.9. The number of anilines is 1. The van der Waals surface area contributed by atoms with Gasteiger partial charge in [0.2, 0.25) is 10.0 Å². The van der Waals surface area contributed by atoms with Crippen LogP contribution in [0.25, 0.3) is 0 Å². The normalized spacial score (nSPS) is 19.0. The molecule has 106 valence electrons. The van der Waals surface area contributed by atoms with Crippen molar-refractivity contribution in [3.63, 3.8) is 0 Å². The number of nitrogens with two attached hydrogens (primary N) is 1. The first-order valence-electron chi connectivity index (χ1n) is 6.84. The summed E-state index contributed by atoms with van der Waals surface area (Å²) in [5.41, 5.74) is 6.37. The van der Waals surface area contributed by atoms with Crippen molar-refractivity contribution in [2.24, 2.45) is 5.92 Å². The minimum absolute atomic E-state index is 0.129. The monoisotopic (exact) mass is 291 g/mol. The molecule has 2 fully saturated rings. The summed E-state index contributed by atoms with van der Waals surface area (Å²) in [5.74, 6) is 0.505. The van der Waals surface area contributed by atoms with Crippen LogP contribution >= 0.6 is 0 Å². The van der Waals surface area contributed by atoms with E-state index in [4.69, 9.17) is 11.0 Å². The standard InChI is InChI=1S/C14H17N3O2S/c15-8-11-3-6-14(13(16)7-11)20(18,19)17(12-4-5-12)9-10-1-2-10/h3,6-7,10,12H,1-2,4-5,9,16H2. The lowest BCUT2D eigenvalue weighted by atomic mass is 10.2. The Kier molecular flexibility index (Phi) is 3.19. The molecule has 2 aliphatic rings. The Bertz CT molecular complexity index is 670. The molecule has 0 aromatic heterocycles. The maximum Gasteiger partial charge on any atom is 0.245 e.